The number of carboxylic acids is 1. The van der Waals surface area contributed by atoms with Crippen LogP contribution in [0.15, 0.2) is 0 Å². The van der Waals surface area contributed by atoms with Crippen molar-refractivity contribution in [3.05, 3.63) is 0 Å². The van der Waals surface area contributed by atoms with Gasteiger partial charge in [0, 0.05) is 38.2 Å². The zero-order valence-corrected chi connectivity index (χ0v) is 16.9. The molecule has 6 nitrogen and oxygen atoms in total. The van der Waals surface area contributed by atoms with Crippen LogP contribution in [0.3, 0.4) is 0 Å². The average molecular weight is 420 g/mol. The van der Waals surface area contributed by atoms with Crippen molar-refractivity contribution in [1.82, 2.24) is 9.80 Å². The third-order valence-corrected chi connectivity index (χ3v) is 6.54. The molecule has 2 saturated carbocycles. The van der Waals surface area contributed by atoms with Crippen molar-refractivity contribution in [1.29, 1.82) is 0 Å². The van der Waals surface area contributed by atoms with Crippen LogP contribution in [0.25, 0.3) is 0 Å². The van der Waals surface area contributed by atoms with Crippen LogP contribution in [0.5, 0.6) is 0 Å². The molecule has 9 heteroatoms. The highest BCUT2D eigenvalue weighted by Gasteiger charge is 2.46. The molecular formula is C20H31F3N2O4. The molecule has 0 aromatic heterocycles. The van der Waals surface area contributed by atoms with Crippen molar-refractivity contribution in [2.75, 3.05) is 39.9 Å². The molecule has 4 rings (SSSR count). The normalized spacial score (nSPS) is 26.9. The number of rotatable bonds is 5. The largest absolute Gasteiger partial charge is 0.490 e. The minimum Gasteiger partial charge on any atom is -0.475 e. The number of nitrogens with zero attached hydrogens (tertiary/aromatic N) is 2. The first-order valence-corrected chi connectivity index (χ1v) is 10.5. The molecule has 166 valence electrons. The van der Waals surface area contributed by atoms with Crippen molar-refractivity contribution in [2.24, 2.45) is 17.3 Å². The number of alkyl halides is 3. The molecule has 1 amide bonds. The Morgan fingerprint density at radius 3 is 2.17 bits per heavy atom. The van der Waals surface area contributed by atoms with Crippen LogP contribution in [0.1, 0.15) is 44.9 Å². The van der Waals surface area contributed by atoms with Crippen molar-refractivity contribution in [3.63, 3.8) is 0 Å². The van der Waals surface area contributed by atoms with E-state index in [0.29, 0.717) is 23.3 Å². The second-order valence-corrected chi connectivity index (χ2v) is 9.16. The molecule has 2 aliphatic heterocycles. The van der Waals surface area contributed by atoms with Gasteiger partial charge in [0.25, 0.3) is 0 Å². The van der Waals surface area contributed by atoms with Gasteiger partial charge in [-0.25, -0.2) is 4.79 Å². The average Bonchev–Trinajstić information content (AvgIpc) is 3.55. The predicted octanol–water partition coefficient (Wildman–Crippen LogP) is 2.77. The Bertz CT molecular complexity index is 597. The Morgan fingerprint density at radius 2 is 1.69 bits per heavy atom. The van der Waals surface area contributed by atoms with E-state index in [0.717, 1.165) is 45.1 Å². The molecular weight excluding hydrogens is 389 g/mol. The number of aliphatic carboxylic acids is 1. The van der Waals surface area contributed by atoms with E-state index < -0.39 is 12.1 Å². The zero-order chi connectivity index (χ0) is 21.2. The maximum atomic E-state index is 12.2. The number of hydrogen-bond donors (Lipinski definition) is 1. The topological polar surface area (TPSA) is 70.1 Å². The van der Waals surface area contributed by atoms with Crippen molar-refractivity contribution < 1.29 is 32.6 Å². The Morgan fingerprint density at radius 1 is 1.10 bits per heavy atom. The standard InChI is InChI=1S/C18H30N2O2.C2HF3O2/c1-19-13-18(10-16(19)12-22-11-14-2-3-14)6-8-20(9-7-18)17(21)15-4-5-15;3-2(4,5)1(6)7/h14-16H,2-13H2,1H3;(H,6,7). The molecule has 1 unspecified atom stereocenters. The van der Waals surface area contributed by atoms with Crippen LogP contribution >= 0.6 is 0 Å². The molecule has 1 atom stereocenters. The molecule has 0 bridgehead atoms. The molecule has 29 heavy (non-hydrogen) atoms. The fourth-order valence-corrected chi connectivity index (χ4v) is 4.37. The molecule has 2 saturated heterocycles. The fraction of sp³-hybridized carbons (Fsp3) is 0.900. The Kier molecular flexibility index (Phi) is 6.77. The Balaban J connectivity index is 0.000000298. The monoisotopic (exact) mass is 420 g/mol. The van der Waals surface area contributed by atoms with Crippen LogP contribution in [-0.4, -0.2) is 78.9 Å². The van der Waals surface area contributed by atoms with Gasteiger partial charge in [0.15, 0.2) is 0 Å². The number of piperidine rings is 1. The van der Waals surface area contributed by atoms with E-state index in [1.165, 1.54) is 38.6 Å². The third kappa shape index (κ3) is 6.31. The van der Waals surface area contributed by atoms with Crippen LogP contribution in [0.4, 0.5) is 13.2 Å². The molecule has 4 fully saturated rings. The molecule has 4 aliphatic rings. The van der Waals surface area contributed by atoms with Crippen LogP contribution < -0.4 is 0 Å². The highest BCUT2D eigenvalue weighted by atomic mass is 19.4. The lowest BCUT2D eigenvalue weighted by Gasteiger charge is -2.39. The van der Waals surface area contributed by atoms with Crippen LogP contribution in [0, 0.1) is 17.3 Å². The summed E-state index contributed by atoms with van der Waals surface area (Å²) in [6.45, 7) is 5.04. The summed E-state index contributed by atoms with van der Waals surface area (Å²) in [6.07, 6.45) is 3.56. The first-order valence-electron chi connectivity index (χ1n) is 10.5. The molecule has 0 aromatic carbocycles. The van der Waals surface area contributed by atoms with Gasteiger partial charge in [0.1, 0.15) is 0 Å². The number of likely N-dealkylation sites (N-methyl/N-ethyl adjacent to an activating group) is 1. The minimum atomic E-state index is -5.08. The van der Waals surface area contributed by atoms with Gasteiger partial charge in [0.05, 0.1) is 6.61 Å². The Labute approximate surface area is 169 Å². The molecule has 0 aromatic rings. The van der Waals surface area contributed by atoms with Gasteiger partial charge >= 0.3 is 12.1 Å². The SMILES string of the molecule is CN1CC2(CCN(C(=O)C3CC3)CC2)CC1COCC1CC1.O=C(O)C(F)(F)F. The van der Waals surface area contributed by atoms with E-state index >= 15 is 0 Å². The number of ether oxygens (including phenoxy) is 1. The predicted molar refractivity (Wildman–Crippen MR) is 99.2 cm³/mol. The summed E-state index contributed by atoms with van der Waals surface area (Å²) in [7, 11) is 2.25. The Hall–Kier alpha value is -1.35. The van der Waals surface area contributed by atoms with Gasteiger partial charge in [-0.05, 0) is 63.3 Å². The molecule has 1 spiro atoms. The third-order valence-electron chi connectivity index (χ3n) is 6.54. The fourth-order valence-electron chi connectivity index (χ4n) is 4.37. The van der Waals surface area contributed by atoms with Crippen molar-refractivity contribution in [2.45, 2.75) is 57.2 Å². The second-order valence-electron chi connectivity index (χ2n) is 9.16. The van der Waals surface area contributed by atoms with E-state index in [4.69, 9.17) is 14.6 Å². The van der Waals surface area contributed by atoms with Gasteiger partial charge < -0.3 is 19.6 Å². The van der Waals surface area contributed by atoms with Crippen molar-refractivity contribution >= 4 is 11.9 Å². The highest BCUT2D eigenvalue weighted by Crippen LogP contribution is 2.44. The molecule has 2 aliphatic carbocycles. The highest BCUT2D eigenvalue weighted by molar-refractivity contribution is 5.81. The van der Waals surface area contributed by atoms with Crippen LogP contribution in [-0.2, 0) is 14.3 Å². The van der Waals surface area contributed by atoms with Gasteiger partial charge in [0.2, 0.25) is 5.91 Å². The van der Waals surface area contributed by atoms with Crippen LogP contribution in [0.2, 0.25) is 0 Å². The summed E-state index contributed by atoms with van der Waals surface area (Å²) in [5, 5.41) is 7.12. The first-order chi connectivity index (χ1) is 13.6. The lowest BCUT2D eigenvalue weighted by molar-refractivity contribution is -0.192. The van der Waals surface area contributed by atoms with Gasteiger partial charge in [-0.15, -0.1) is 0 Å². The van der Waals surface area contributed by atoms with Crippen molar-refractivity contribution in [3.8, 4) is 0 Å². The first kappa shape index (κ1) is 22.3. The lowest BCUT2D eigenvalue weighted by atomic mass is 9.76. The molecule has 1 N–H and O–H groups in total. The van der Waals surface area contributed by atoms with Gasteiger partial charge in [-0.1, -0.05) is 0 Å². The zero-order valence-electron chi connectivity index (χ0n) is 16.9. The second kappa shape index (κ2) is 8.79. The lowest BCUT2D eigenvalue weighted by Crippen LogP contribution is -2.44. The molecule has 0 radical (unpaired) electrons. The number of hydrogen-bond acceptors (Lipinski definition) is 4. The number of halogens is 3. The summed E-state index contributed by atoms with van der Waals surface area (Å²) in [5.74, 6) is -1.08. The number of carboxylic acid groups (broad SMARTS) is 1. The van der Waals surface area contributed by atoms with Gasteiger partial charge in [-0.2, -0.15) is 13.2 Å². The van der Waals surface area contributed by atoms with E-state index in [9.17, 15) is 18.0 Å². The smallest absolute Gasteiger partial charge is 0.475 e. The number of likely N-dealkylation sites (tertiary alicyclic amines) is 2. The van der Waals surface area contributed by atoms with Gasteiger partial charge in [-0.3, -0.25) is 4.79 Å². The minimum absolute atomic E-state index is 0.379. The summed E-state index contributed by atoms with van der Waals surface area (Å²) in [5.41, 5.74) is 0.447. The maximum absolute atomic E-state index is 12.2. The van der Waals surface area contributed by atoms with E-state index in [-0.39, 0.29) is 0 Å². The summed E-state index contributed by atoms with van der Waals surface area (Å²) in [4.78, 5) is 25.7. The number of amides is 1. The quantitative estimate of drug-likeness (QED) is 0.741. The summed E-state index contributed by atoms with van der Waals surface area (Å²) < 4.78 is 37.7. The maximum Gasteiger partial charge on any atom is 0.490 e. The van der Waals surface area contributed by atoms with E-state index in [2.05, 4.69) is 16.8 Å². The van der Waals surface area contributed by atoms with E-state index in [1.807, 2.05) is 0 Å². The molecule has 2 heterocycles. The number of carbonyl (C=O) groups is 2. The summed E-state index contributed by atoms with van der Waals surface area (Å²) in [6, 6.07) is 0.587. The summed E-state index contributed by atoms with van der Waals surface area (Å²) >= 11 is 0. The van der Waals surface area contributed by atoms with E-state index in [1.54, 1.807) is 0 Å². The number of carbonyl (C=O) groups excluding carboxylic acids is 1.